The van der Waals surface area contributed by atoms with Gasteiger partial charge >= 0.3 is 0 Å². The van der Waals surface area contributed by atoms with Crippen molar-refractivity contribution in [3.05, 3.63) is 52.5 Å². The van der Waals surface area contributed by atoms with Crippen LogP contribution in [-0.4, -0.2) is 26.2 Å². The molecule has 0 aliphatic rings. The van der Waals surface area contributed by atoms with Crippen LogP contribution in [0.15, 0.2) is 36.4 Å². The fourth-order valence-corrected chi connectivity index (χ4v) is 2.92. The molecule has 0 saturated carbocycles. The van der Waals surface area contributed by atoms with Gasteiger partial charge in [0.15, 0.2) is 11.5 Å². The Hall–Kier alpha value is -2.40. The predicted molar refractivity (Wildman–Crippen MR) is 103 cm³/mol. The zero-order valence-corrected chi connectivity index (χ0v) is 16.2. The number of ether oxygens (including phenoxy) is 3. The number of benzene rings is 2. The Bertz CT molecular complexity index is 763. The molecule has 0 fully saturated rings. The largest absolute Gasteiger partial charge is 0.496 e. The fraction of sp³-hybridized carbons (Fsp3) is 0.350. The van der Waals surface area contributed by atoms with Gasteiger partial charge in [-0.3, -0.25) is 4.79 Å². The molecule has 0 unspecified atom stereocenters. The second kappa shape index (κ2) is 9.34. The summed E-state index contributed by atoms with van der Waals surface area (Å²) in [6.07, 6.45) is 0. The van der Waals surface area contributed by atoms with Gasteiger partial charge in [-0.05, 0) is 44.5 Å². The van der Waals surface area contributed by atoms with Crippen LogP contribution in [0.4, 0.5) is 0 Å². The van der Waals surface area contributed by atoms with Crippen molar-refractivity contribution >= 4 is 17.5 Å². The van der Waals surface area contributed by atoms with Gasteiger partial charge in [-0.15, -0.1) is 0 Å². The van der Waals surface area contributed by atoms with Crippen LogP contribution in [-0.2, 0) is 0 Å². The Kier molecular flexibility index (Phi) is 7.16. The van der Waals surface area contributed by atoms with Gasteiger partial charge in [0.2, 0.25) is 0 Å². The highest BCUT2D eigenvalue weighted by Gasteiger charge is 2.19. The maximum Gasteiger partial charge on any atom is 0.255 e. The third kappa shape index (κ3) is 4.61. The summed E-state index contributed by atoms with van der Waals surface area (Å²) in [7, 11) is 1.53. The zero-order chi connectivity index (χ0) is 19.1. The molecular formula is C20H24ClNO4. The summed E-state index contributed by atoms with van der Waals surface area (Å²) >= 11 is 6.41. The highest BCUT2D eigenvalue weighted by Crippen LogP contribution is 2.36. The summed E-state index contributed by atoms with van der Waals surface area (Å²) in [6.45, 7) is 6.67. The Morgan fingerprint density at radius 2 is 1.69 bits per heavy atom. The van der Waals surface area contributed by atoms with Crippen LogP contribution >= 0.6 is 11.6 Å². The monoisotopic (exact) mass is 377 g/mol. The summed E-state index contributed by atoms with van der Waals surface area (Å²) in [4.78, 5) is 12.6. The molecule has 0 saturated heterocycles. The summed E-state index contributed by atoms with van der Waals surface area (Å²) in [6, 6.07) is 10.3. The van der Waals surface area contributed by atoms with Crippen LogP contribution < -0.4 is 19.5 Å². The first-order valence-electron chi connectivity index (χ1n) is 8.54. The minimum absolute atomic E-state index is 0.238. The number of amides is 1. The van der Waals surface area contributed by atoms with E-state index in [4.69, 9.17) is 25.8 Å². The quantitative estimate of drug-likeness (QED) is 0.728. The lowest BCUT2D eigenvalue weighted by molar-refractivity contribution is 0.0937. The van der Waals surface area contributed by atoms with E-state index < -0.39 is 0 Å². The predicted octanol–water partition coefficient (Wildman–Crippen LogP) is 4.64. The first kappa shape index (κ1) is 19.9. The van der Waals surface area contributed by atoms with Crippen molar-refractivity contribution in [1.29, 1.82) is 0 Å². The lowest BCUT2D eigenvalue weighted by Crippen LogP contribution is -2.27. The van der Waals surface area contributed by atoms with Gasteiger partial charge in [-0.2, -0.15) is 0 Å². The highest BCUT2D eigenvalue weighted by atomic mass is 35.5. The topological polar surface area (TPSA) is 56.8 Å². The molecule has 2 aromatic carbocycles. The number of carbonyl (C=O) groups excluding carboxylic acids is 1. The summed E-state index contributed by atoms with van der Waals surface area (Å²) < 4.78 is 16.5. The highest BCUT2D eigenvalue weighted by molar-refractivity contribution is 6.31. The molecule has 0 aliphatic carbocycles. The smallest absolute Gasteiger partial charge is 0.255 e. The van der Waals surface area contributed by atoms with Crippen LogP contribution in [0.2, 0.25) is 5.02 Å². The minimum atomic E-state index is -0.324. The van der Waals surface area contributed by atoms with E-state index in [1.807, 2.05) is 32.9 Å². The Morgan fingerprint density at radius 3 is 2.31 bits per heavy atom. The second-order valence-corrected chi connectivity index (χ2v) is 5.99. The fourth-order valence-electron chi connectivity index (χ4n) is 2.60. The van der Waals surface area contributed by atoms with E-state index in [1.54, 1.807) is 24.3 Å². The Morgan fingerprint density at radius 1 is 1.08 bits per heavy atom. The molecule has 5 nitrogen and oxygen atoms in total. The molecule has 0 radical (unpaired) electrons. The standard InChI is InChI=1S/C20H24ClNO4/c1-5-25-18-11-15(16(21)12-19(18)26-6-2)13(3)22-20(23)14-9-7-8-10-17(14)24-4/h7-13H,5-6H2,1-4H3,(H,22,23)/t13-/m0/s1. The molecular weight excluding hydrogens is 354 g/mol. The van der Waals surface area contributed by atoms with Gasteiger partial charge in [0.1, 0.15) is 5.75 Å². The average Bonchev–Trinajstić information content (AvgIpc) is 2.63. The normalized spacial score (nSPS) is 11.6. The maximum absolute atomic E-state index is 12.6. The minimum Gasteiger partial charge on any atom is -0.496 e. The summed E-state index contributed by atoms with van der Waals surface area (Å²) in [5.74, 6) is 1.47. The molecule has 1 atom stereocenters. The van der Waals surface area contributed by atoms with Gasteiger partial charge in [0, 0.05) is 11.1 Å². The zero-order valence-electron chi connectivity index (χ0n) is 15.5. The molecule has 0 heterocycles. The molecule has 2 aromatic rings. The molecule has 0 aromatic heterocycles. The van der Waals surface area contributed by atoms with E-state index in [0.717, 1.165) is 5.56 Å². The van der Waals surface area contributed by atoms with Crippen LogP contribution in [0, 0.1) is 0 Å². The van der Waals surface area contributed by atoms with Gasteiger partial charge in [-0.25, -0.2) is 0 Å². The van der Waals surface area contributed by atoms with Crippen molar-refractivity contribution in [2.75, 3.05) is 20.3 Å². The number of carbonyl (C=O) groups is 1. The van der Waals surface area contributed by atoms with Gasteiger partial charge < -0.3 is 19.5 Å². The van der Waals surface area contributed by atoms with Gasteiger partial charge in [0.05, 0.1) is 31.9 Å². The first-order chi connectivity index (χ1) is 12.5. The average molecular weight is 378 g/mol. The first-order valence-corrected chi connectivity index (χ1v) is 8.92. The molecule has 1 amide bonds. The van der Waals surface area contributed by atoms with E-state index in [9.17, 15) is 4.79 Å². The van der Waals surface area contributed by atoms with Crippen molar-refractivity contribution in [3.8, 4) is 17.2 Å². The molecule has 140 valence electrons. The van der Waals surface area contributed by atoms with E-state index in [0.29, 0.717) is 41.0 Å². The Balaban J connectivity index is 2.27. The van der Waals surface area contributed by atoms with Gasteiger partial charge in [0.25, 0.3) is 5.91 Å². The summed E-state index contributed by atoms with van der Waals surface area (Å²) in [5.41, 5.74) is 1.22. The maximum atomic E-state index is 12.6. The van der Waals surface area contributed by atoms with Crippen LogP contribution in [0.25, 0.3) is 0 Å². The number of hydrogen-bond donors (Lipinski definition) is 1. The lowest BCUT2D eigenvalue weighted by atomic mass is 10.1. The van der Waals surface area contributed by atoms with E-state index in [1.165, 1.54) is 7.11 Å². The van der Waals surface area contributed by atoms with Crippen molar-refractivity contribution < 1.29 is 19.0 Å². The van der Waals surface area contributed by atoms with E-state index in [2.05, 4.69) is 5.32 Å². The molecule has 0 aliphatic heterocycles. The molecule has 6 heteroatoms. The number of nitrogens with one attached hydrogen (secondary N) is 1. The van der Waals surface area contributed by atoms with Crippen LogP contribution in [0.1, 0.15) is 42.7 Å². The van der Waals surface area contributed by atoms with Crippen molar-refractivity contribution in [2.24, 2.45) is 0 Å². The second-order valence-electron chi connectivity index (χ2n) is 5.58. The van der Waals surface area contributed by atoms with Crippen molar-refractivity contribution in [1.82, 2.24) is 5.32 Å². The number of rotatable bonds is 8. The summed E-state index contributed by atoms with van der Waals surface area (Å²) in [5, 5.41) is 3.45. The molecule has 0 spiro atoms. The van der Waals surface area contributed by atoms with Crippen LogP contribution in [0.3, 0.4) is 0 Å². The molecule has 1 N–H and O–H groups in total. The third-order valence-corrected chi connectivity index (χ3v) is 4.16. The lowest BCUT2D eigenvalue weighted by Gasteiger charge is -2.19. The molecule has 0 bridgehead atoms. The molecule has 26 heavy (non-hydrogen) atoms. The number of halogens is 1. The van der Waals surface area contributed by atoms with Gasteiger partial charge in [-0.1, -0.05) is 23.7 Å². The molecule has 2 rings (SSSR count). The van der Waals surface area contributed by atoms with E-state index >= 15 is 0 Å². The van der Waals surface area contributed by atoms with Crippen molar-refractivity contribution in [2.45, 2.75) is 26.8 Å². The third-order valence-electron chi connectivity index (χ3n) is 3.83. The SMILES string of the molecule is CCOc1cc(Cl)c([C@H](C)NC(=O)c2ccccc2OC)cc1OCC. The van der Waals surface area contributed by atoms with Crippen LogP contribution in [0.5, 0.6) is 17.2 Å². The number of hydrogen-bond acceptors (Lipinski definition) is 4. The van der Waals surface area contributed by atoms with Crippen molar-refractivity contribution in [3.63, 3.8) is 0 Å². The number of para-hydroxylation sites is 1. The Labute approximate surface area is 159 Å². The van der Waals surface area contributed by atoms with E-state index in [-0.39, 0.29) is 11.9 Å². The number of methoxy groups -OCH3 is 1.